The van der Waals surface area contributed by atoms with Gasteiger partial charge in [0.05, 0.1) is 12.7 Å². The number of aliphatic imine (C=N–C) groups is 1. The van der Waals surface area contributed by atoms with Gasteiger partial charge in [-0.2, -0.15) is 0 Å². The Labute approximate surface area is 142 Å². The second kappa shape index (κ2) is 9.00. The Morgan fingerprint density at radius 3 is 2.83 bits per heavy atom. The molecule has 0 aliphatic heterocycles. The monoisotopic (exact) mass is 332 g/mol. The van der Waals surface area contributed by atoms with Gasteiger partial charge in [-0.15, -0.1) is 0 Å². The van der Waals surface area contributed by atoms with Gasteiger partial charge in [-0.05, 0) is 23.8 Å². The van der Waals surface area contributed by atoms with Crippen LogP contribution in [0, 0.1) is 0 Å². The minimum absolute atomic E-state index is 0.532. The van der Waals surface area contributed by atoms with Crippen molar-refractivity contribution in [1.29, 1.82) is 0 Å². The van der Waals surface area contributed by atoms with Crippen LogP contribution in [-0.4, -0.2) is 43.1 Å². The van der Waals surface area contributed by atoms with Crippen molar-refractivity contribution in [2.75, 3.05) is 27.2 Å². The van der Waals surface area contributed by atoms with Gasteiger partial charge in [-0.3, -0.25) is 9.98 Å². The first-order valence-corrected chi connectivity index (χ1v) is 7.76. The minimum atomic E-state index is 0.532. The lowest BCUT2D eigenvalue weighted by atomic mass is 10.2. The summed E-state index contributed by atoms with van der Waals surface area (Å²) in [6, 6.07) is 11.5. The Bertz CT molecular complexity index is 634. The number of guanidine groups is 1. The first-order chi connectivity index (χ1) is 11.2. The largest absolute Gasteiger partial charge is 0.490 e. The molecule has 0 bridgehead atoms. The van der Waals surface area contributed by atoms with E-state index < -0.39 is 0 Å². The smallest absolute Gasteiger partial charge is 0.193 e. The van der Waals surface area contributed by atoms with E-state index in [1.54, 1.807) is 19.4 Å². The molecule has 0 aliphatic rings. The number of nitrogens with one attached hydrogen (secondary N) is 1. The number of rotatable bonds is 6. The van der Waals surface area contributed by atoms with Crippen molar-refractivity contribution < 1.29 is 4.74 Å². The van der Waals surface area contributed by atoms with E-state index in [1.165, 1.54) is 0 Å². The molecule has 1 heterocycles. The third-order valence-electron chi connectivity index (χ3n) is 3.23. The van der Waals surface area contributed by atoms with Crippen LogP contribution in [-0.2, 0) is 6.54 Å². The fourth-order valence-electron chi connectivity index (χ4n) is 2.11. The van der Waals surface area contributed by atoms with Gasteiger partial charge in [-0.1, -0.05) is 29.8 Å². The Balaban J connectivity index is 1.79. The van der Waals surface area contributed by atoms with Crippen molar-refractivity contribution in [2.24, 2.45) is 4.99 Å². The van der Waals surface area contributed by atoms with E-state index in [0.717, 1.165) is 22.3 Å². The van der Waals surface area contributed by atoms with E-state index in [0.29, 0.717) is 19.7 Å². The van der Waals surface area contributed by atoms with Crippen LogP contribution in [0.3, 0.4) is 0 Å². The van der Waals surface area contributed by atoms with Crippen LogP contribution in [0.15, 0.2) is 53.8 Å². The van der Waals surface area contributed by atoms with Crippen LogP contribution in [0.4, 0.5) is 0 Å². The van der Waals surface area contributed by atoms with Crippen LogP contribution in [0.2, 0.25) is 5.02 Å². The molecule has 5 nitrogen and oxygen atoms in total. The average molecular weight is 333 g/mol. The molecule has 0 radical (unpaired) electrons. The Morgan fingerprint density at radius 1 is 1.30 bits per heavy atom. The van der Waals surface area contributed by atoms with E-state index >= 15 is 0 Å². The maximum Gasteiger partial charge on any atom is 0.193 e. The van der Waals surface area contributed by atoms with Gasteiger partial charge in [0, 0.05) is 31.9 Å². The van der Waals surface area contributed by atoms with Crippen LogP contribution in [0.1, 0.15) is 5.56 Å². The van der Waals surface area contributed by atoms with E-state index in [1.807, 2.05) is 48.3 Å². The highest BCUT2D eigenvalue weighted by molar-refractivity contribution is 6.31. The maximum absolute atomic E-state index is 6.20. The average Bonchev–Trinajstić information content (AvgIpc) is 2.58. The second-order valence-corrected chi connectivity index (χ2v) is 5.37. The topological polar surface area (TPSA) is 49.8 Å². The lowest BCUT2D eigenvalue weighted by Gasteiger charge is -2.22. The molecule has 0 saturated carbocycles. The highest BCUT2D eigenvalue weighted by Gasteiger charge is 2.08. The summed E-state index contributed by atoms with van der Waals surface area (Å²) in [4.78, 5) is 10.3. The molecule has 1 aromatic carbocycles. The second-order valence-electron chi connectivity index (χ2n) is 4.96. The molecule has 1 N–H and O–H groups in total. The summed E-state index contributed by atoms with van der Waals surface area (Å²) in [5, 5.41) is 4.03. The molecule has 122 valence electrons. The van der Waals surface area contributed by atoms with E-state index in [9.17, 15) is 0 Å². The standard InChI is InChI=1S/C17H21ClN4O/c1-19-17(21-10-11-23-15-7-5-9-20-12-15)22(2)13-14-6-3-4-8-16(14)18/h3-9,12H,10-11,13H2,1-2H3,(H,19,21). The number of hydrogen-bond donors (Lipinski definition) is 1. The molecule has 0 saturated heterocycles. The first-order valence-electron chi connectivity index (χ1n) is 7.38. The van der Waals surface area contributed by atoms with Crippen molar-refractivity contribution in [1.82, 2.24) is 15.2 Å². The number of hydrogen-bond acceptors (Lipinski definition) is 3. The molecular weight excluding hydrogens is 312 g/mol. The summed E-state index contributed by atoms with van der Waals surface area (Å²) in [5.74, 6) is 1.55. The summed E-state index contributed by atoms with van der Waals surface area (Å²) >= 11 is 6.20. The molecule has 0 spiro atoms. The van der Waals surface area contributed by atoms with Gasteiger partial charge < -0.3 is 15.0 Å². The van der Waals surface area contributed by atoms with Crippen molar-refractivity contribution in [3.63, 3.8) is 0 Å². The molecule has 0 fully saturated rings. The van der Waals surface area contributed by atoms with Crippen LogP contribution in [0.25, 0.3) is 0 Å². The molecule has 1 aromatic heterocycles. The van der Waals surface area contributed by atoms with Gasteiger partial charge in [0.2, 0.25) is 0 Å². The summed E-state index contributed by atoms with van der Waals surface area (Å²) in [7, 11) is 3.73. The predicted molar refractivity (Wildman–Crippen MR) is 94.0 cm³/mol. The maximum atomic E-state index is 6.20. The highest BCUT2D eigenvalue weighted by Crippen LogP contribution is 2.16. The van der Waals surface area contributed by atoms with E-state index in [2.05, 4.69) is 15.3 Å². The van der Waals surface area contributed by atoms with Crippen LogP contribution in [0.5, 0.6) is 5.75 Å². The summed E-state index contributed by atoms with van der Waals surface area (Å²) in [6.45, 7) is 1.86. The Hall–Kier alpha value is -2.27. The number of aromatic nitrogens is 1. The van der Waals surface area contributed by atoms with Crippen molar-refractivity contribution >= 4 is 17.6 Å². The Kier molecular flexibility index (Phi) is 6.69. The van der Waals surface area contributed by atoms with Crippen molar-refractivity contribution in [3.8, 4) is 5.75 Å². The van der Waals surface area contributed by atoms with Gasteiger partial charge in [0.25, 0.3) is 0 Å². The molecule has 0 amide bonds. The lowest BCUT2D eigenvalue weighted by molar-refractivity contribution is 0.318. The molecule has 0 unspecified atom stereocenters. The number of benzene rings is 1. The fraction of sp³-hybridized carbons (Fsp3) is 0.294. The van der Waals surface area contributed by atoms with Crippen LogP contribution < -0.4 is 10.1 Å². The third-order valence-corrected chi connectivity index (χ3v) is 3.60. The molecule has 2 aromatic rings. The third kappa shape index (κ3) is 5.45. The van der Waals surface area contributed by atoms with E-state index in [-0.39, 0.29) is 0 Å². The lowest BCUT2D eigenvalue weighted by Crippen LogP contribution is -2.40. The van der Waals surface area contributed by atoms with Gasteiger partial charge in [0.1, 0.15) is 12.4 Å². The summed E-state index contributed by atoms with van der Waals surface area (Å²) < 4.78 is 5.60. The van der Waals surface area contributed by atoms with E-state index in [4.69, 9.17) is 16.3 Å². The van der Waals surface area contributed by atoms with Crippen molar-refractivity contribution in [2.45, 2.75) is 6.54 Å². The highest BCUT2D eigenvalue weighted by atomic mass is 35.5. The predicted octanol–water partition coefficient (Wildman–Crippen LogP) is 2.82. The zero-order valence-corrected chi connectivity index (χ0v) is 14.1. The number of ether oxygens (including phenoxy) is 1. The van der Waals surface area contributed by atoms with Gasteiger partial charge in [0.15, 0.2) is 5.96 Å². The molecule has 0 aliphatic carbocycles. The quantitative estimate of drug-likeness (QED) is 0.502. The van der Waals surface area contributed by atoms with Gasteiger partial charge in [-0.25, -0.2) is 0 Å². The molecule has 23 heavy (non-hydrogen) atoms. The van der Waals surface area contributed by atoms with Gasteiger partial charge >= 0.3 is 0 Å². The zero-order valence-electron chi connectivity index (χ0n) is 13.4. The number of nitrogens with zero attached hydrogens (tertiary/aromatic N) is 3. The minimum Gasteiger partial charge on any atom is -0.490 e. The zero-order chi connectivity index (χ0) is 16.5. The number of pyridine rings is 1. The van der Waals surface area contributed by atoms with Crippen LogP contribution >= 0.6 is 11.6 Å². The molecule has 2 rings (SSSR count). The SMILES string of the molecule is CN=C(NCCOc1cccnc1)N(C)Cc1ccccc1Cl. The first kappa shape index (κ1) is 17.1. The fourth-order valence-corrected chi connectivity index (χ4v) is 2.30. The molecular formula is C17H21ClN4O. The van der Waals surface area contributed by atoms with Crippen molar-refractivity contribution in [3.05, 3.63) is 59.4 Å². The summed E-state index contributed by atoms with van der Waals surface area (Å²) in [5.41, 5.74) is 1.06. The summed E-state index contributed by atoms with van der Waals surface area (Å²) in [6.07, 6.45) is 3.41. The Morgan fingerprint density at radius 2 is 2.13 bits per heavy atom. The molecule has 0 atom stereocenters. The number of halogens is 1. The molecule has 6 heteroatoms. The normalized spacial score (nSPS) is 11.2.